The Morgan fingerprint density at radius 2 is 2.07 bits per heavy atom. The number of halogens is 1. The van der Waals surface area contributed by atoms with Crippen LogP contribution < -0.4 is 15.0 Å². The van der Waals surface area contributed by atoms with Crippen LogP contribution in [0.5, 0.6) is 5.75 Å². The molecule has 0 aliphatic carbocycles. The Morgan fingerprint density at radius 1 is 1.28 bits per heavy atom. The van der Waals surface area contributed by atoms with Crippen LogP contribution in [-0.2, 0) is 11.2 Å². The summed E-state index contributed by atoms with van der Waals surface area (Å²) in [7, 11) is 1.72. The number of anilines is 2. The lowest BCUT2D eigenvalue weighted by Crippen LogP contribution is -2.25. The molecule has 0 saturated heterocycles. The van der Waals surface area contributed by atoms with Gasteiger partial charge in [0.05, 0.1) is 27.8 Å². The van der Waals surface area contributed by atoms with E-state index in [0.29, 0.717) is 40.2 Å². The summed E-state index contributed by atoms with van der Waals surface area (Å²) in [4.78, 5) is 31.8. The van der Waals surface area contributed by atoms with Crippen molar-refractivity contribution >= 4 is 46.3 Å². The summed E-state index contributed by atoms with van der Waals surface area (Å²) in [6.45, 7) is 1.91. The normalized spacial score (nSPS) is 12.2. The quantitative estimate of drug-likeness (QED) is 0.661. The molecule has 0 radical (unpaired) electrons. The molecule has 3 aromatic rings. The van der Waals surface area contributed by atoms with Crippen molar-refractivity contribution in [3.63, 3.8) is 0 Å². The van der Waals surface area contributed by atoms with Crippen LogP contribution in [0.1, 0.15) is 22.2 Å². The molecule has 1 N–H and O–H groups in total. The molecule has 0 atom stereocenters. The van der Waals surface area contributed by atoms with E-state index in [0.717, 1.165) is 16.0 Å². The Bertz CT molecular complexity index is 1110. The van der Waals surface area contributed by atoms with Gasteiger partial charge >= 0.3 is 0 Å². The Labute approximate surface area is 177 Å². The maximum absolute atomic E-state index is 13.1. The summed E-state index contributed by atoms with van der Waals surface area (Å²) in [5.74, 6) is 0.758. The van der Waals surface area contributed by atoms with Crippen molar-refractivity contribution in [1.82, 2.24) is 4.98 Å². The molecule has 1 aromatic carbocycles. The highest BCUT2D eigenvalue weighted by Gasteiger charge is 2.24. The third-order valence-corrected chi connectivity index (χ3v) is 6.10. The summed E-state index contributed by atoms with van der Waals surface area (Å²) in [5, 5.41) is 3.18. The van der Waals surface area contributed by atoms with Gasteiger partial charge in [-0.3, -0.25) is 9.59 Å². The third-order valence-electron chi connectivity index (χ3n) is 4.58. The Morgan fingerprint density at radius 3 is 2.83 bits per heavy atom. The minimum Gasteiger partial charge on any atom is -0.492 e. The Hall–Kier alpha value is -2.90. The molecule has 2 aromatic heterocycles. The summed E-state index contributed by atoms with van der Waals surface area (Å²) in [5.41, 5.74) is 2.52. The zero-order valence-corrected chi connectivity index (χ0v) is 17.4. The zero-order valence-electron chi connectivity index (χ0n) is 15.9. The third kappa shape index (κ3) is 3.83. The second-order valence-corrected chi connectivity index (χ2v) is 8.09. The first-order chi connectivity index (χ1) is 13.9. The van der Waals surface area contributed by atoms with Crippen molar-refractivity contribution in [3.05, 3.63) is 58.1 Å². The lowest BCUT2D eigenvalue weighted by Gasteiger charge is -2.17. The maximum Gasteiger partial charge on any atom is 0.268 e. The van der Waals surface area contributed by atoms with Crippen LogP contribution in [0.25, 0.3) is 10.4 Å². The van der Waals surface area contributed by atoms with E-state index in [2.05, 4.69) is 10.3 Å². The number of fused-ring (bicyclic) bond motifs is 3. The summed E-state index contributed by atoms with van der Waals surface area (Å²) in [6, 6.07) is 10.9. The Balaban J connectivity index is 1.69. The van der Waals surface area contributed by atoms with E-state index in [1.54, 1.807) is 30.3 Å². The van der Waals surface area contributed by atoms with Gasteiger partial charge < -0.3 is 15.0 Å². The molecule has 6 nitrogen and oxygen atoms in total. The summed E-state index contributed by atoms with van der Waals surface area (Å²) in [6.07, 6.45) is 2.35. The van der Waals surface area contributed by atoms with Gasteiger partial charge in [0.25, 0.3) is 5.91 Å². The van der Waals surface area contributed by atoms with E-state index in [1.165, 1.54) is 18.3 Å². The summed E-state index contributed by atoms with van der Waals surface area (Å²) >= 11 is 7.65. The molecule has 1 aliphatic heterocycles. The zero-order chi connectivity index (χ0) is 20.5. The molecule has 148 valence electrons. The number of benzene rings is 1. The molecule has 3 heterocycles. The number of hydrogen-bond donors (Lipinski definition) is 1. The number of pyridine rings is 1. The van der Waals surface area contributed by atoms with Crippen molar-refractivity contribution in [1.29, 1.82) is 0 Å². The number of aromatic nitrogens is 1. The molecular weight excluding hydrogens is 410 g/mol. The number of amides is 2. The van der Waals surface area contributed by atoms with Crippen LogP contribution in [0, 0.1) is 0 Å². The van der Waals surface area contributed by atoms with E-state index in [-0.39, 0.29) is 11.8 Å². The molecule has 0 bridgehead atoms. The standard InChI is InChI=1S/C21H18ClN3O3S/c1-12(26)24-19-10-17-14(11-23-19)20-13(7-8-28-17)9-18(29-20)21(27)25(2)16-6-4-3-5-15(16)22/h3-6,9-11H,7-8H2,1-2H3,(H,23,24,26). The predicted octanol–water partition coefficient (Wildman–Crippen LogP) is 4.63. The highest BCUT2D eigenvalue weighted by Crippen LogP contribution is 2.41. The molecule has 0 fully saturated rings. The number of nitrogens with one attached hydrogen (secondary N) is 1. The molecule has 0 saturated carbocycles. The van der Waals surface area contributed by atoms with Gasteiger partial charge in [-0.05, 0) is 23.8 Å². The molecular formula is C21H18ClN3O3S. The summed E-state index contributed by atoms with van der Waals surface area (Å²) < 4.78 is 5.85. The fourth-order valence-electron chi connectivity index (χ4n) is 3.19. The largest absolute Gasteiger partial charge is 0.492 e. The van der Waals surface area contributed by atoms with Crippen LogP contribution in [0.4, 0.5) is 11.5 Å². The highest BCUT2D eigenvalue weighted by atomic mass is 35.5. The first-order valence-corrected chi connectivity index (χ1v) is 10.2. The van der Waals surface area contributed by atoms with Gasteiger partial charge in [0.15, 0.2) is 0 Å². The van der Waals surface area contributed by atoms with Crippen LogP contribution in [0.3, 0.4) is 0 Å². The first kappa shape index (κ1) is 19.4. The van der Waals surface area contributed by atoms with Crippen molar-refractivity contribution < 1.29 is 14.3 Å². The van der Waals surface area contributed by atoms with Crippen LogP contribution in [0.2, 0.25) is 5.02 Å². The van der Waals surface area contributed by atoms with Gasteiger partial charge in [-0.2, -0.15) is 0 Å². The predicted molar refractivity (Wildman–Crippen MR) is 115 cm³/mol. The number of ether oxygens (including phenoxy) is 1. The number of nitrogens with zero attached hydrogens (tertiary/aromatic N) is 2. The van der Waals surface area contributed by atoms with Gasteiger partial charge in [-0.1, -0.05) is 23.7 Å². The molecule has 8 heteroatoms. The van der Waals surface area contributed by atoms with E-state index in [1.807, 2.05) is 24.3 Å². The maximum atomic E-state index is 13.1. The molecule has 1 aliphatic rings. The molecule has 29 heavy (non-hydrogen) atoms. The fraction of sp³-hybridized carbons (Fsp3) is 0.190. The number of rotatable bonds is 3. The molecule has 4 rings (SSSR count). The van der Waals surface area contributed by atoms with Crippen molar-refractivity contribution in [2.75, 3.05) is 23.9 Å². The SMILES string of the molecule is CC(=O)Nc1cc2c(cn1)-c1sc(C(=O)N(C)c3ccccc3Cl)cc1CCO2. The number of para-hydroxylation sites is 1. The van der Waals surface area contributed by atoms with Gasteiger partial charge in [0, 0.05) is 37.5 Å². The average molecular weight is 428 g/mol. The topological polar surface area (TPSA) is 71.5 Å². The van der Waals surface area contributed by atoms with Crippen molar-refractivity contribution in [2.45, 2.75) is 13.3 Å². The molecule has 0 unspecified atom stereocenters. The number of thiophene rings is 1. The van der Waals surface area contributed by atoms with Crippen LogP contribution in [0.15, 0.2) is 42.6 Å². The highest BCUT2D eigenvalue weighted by molar-refractivity contribution is 7.17. The lowest BCUT2D eigenvalue weighted by atomic mass is 10.1. The average Bonchev–Trinajstić information content (AvgIpc) is 3.03. The minimum atomic E-state index is -0.196. The first-order valence-electron chi connectivity index (χ1n) is 9.00. The van der Waals surface area contributed by atoms with Crippen LogP contribution >= 0.6 is 22.9 Å². The van der Waals surface area contributed by atoms with Crippen molar-refractivity contribution in [2.24, 2.45) is 0 Å². The van der Waals surface area contributed by atoms with Crippen molar-refractivity contribution in [3.8, 4) is 16.2 Å². The van der Waals surface area contributed by atoms with Gasteiger partial charge in [-0.15, -0.1) is 11.3 Å². The van der Waals surface area contributed by atoms with E-state index < -0.39 is 0 Å². The van der Waals surface area contributed by atoms with Gasteiger partial charge in [-0.25, -0.2) is 4.98 Å². The molecule has 2 amide bonds. The Kier molecular flexibility index (Phi) is 5.25. The van der Waals surface area contributed by atoms with Gasteiger partial charge in [0.1, 0.15) is 11.6 Å². The van der Waals surface area contributed by atoms with Crippen LogP contribution in [-0.4, -0.2) is 30.5 Å². The molecule has 0 spiro atoms. The second-order valence-electron chi connectivity index (χ2n) is 6.63. The monoisotopic (exact) mass is 427 g/mol. The second kappa shape index (κ2) is 7.85. The minimum absolute atomic E-state index is 0.124. The van der Waals surface area contributed by atoms with Gasteiger partial charge in [0.2, 0.25) is 5.91 Å². The fourth-order valence-corrected chi connectivity index (χ4v) is 4.66. The smallest absolute Gasteiger partial charge is 0.268 e. The number of carbonyl (C=O) groups excluding carboxylic acids is 2. The lowest BCUT2D eigenvalue weighted by molar-refractivity contribution is -0.114. The van der Waals surface area contributed by atoms with E-state index in [9.17, 15) is 9.59 Å². The number of carbonyl (C=O) groups is 2. The number of hydrogen-bond acceptors (Lipinski definition) is 5. The van der Waals surface area contributed by atoms with E-state index >= 15 is 0 Å². The van der Waals surface area contributed by atoms with E-state index in [4.69, 9.17) is 16.3 Å².